The SMILES string of the molecule is Cc1ccc(Nc2cc(F)c(C(=O)O)cc2N)cc1. The third-order valence-electron chi connectivity index (χ3n) is 2.70. The number of carboxylic acid groups (broad SMARTS) is 1. The van der Waals surface area contributed by atoms with Gasteiger partial charge in [0.15, 0.2) is 0 Å². The quantitative estimate of drug-likeness (QED) is 0.741. The Morgan fingerprint density at radius 3 is 2.47 bits per heavy atom. The number of benzene rings is 2. The van der Waals surface area contributed by atoms with E-state index in [0.717, 1.165) is 23.4 Å². The minimum absolute atomic E-state index is 0.180. The van der Waals surface area contributed by atoms with Gasteiger partial charge in [0.25, 0.3) is 0 Å². The number of hydrogen-bond donors (Lipinski definition) is 3. The van der Waals surface area contributed by atoms with Gasteiger partial charge in [-0.3, -0.25) is 0 Å². The smallest absolute Gasteiger partial charge is 0.338 e. The molecule has 0 saturated heterocycles. The normalized spacial score (nSPS) is 10.2. The first-order valence-corrected chi connectivity index (χ1v) is 5.63. The maximum atomic E-state index is 13.6. The summed E-state index contributed by atoms with van der Waals surface area (Å²) in [7, 11) is 0. The van der Waals surface area contributed by atoms with Crippen molar-refractivity contribution >= 4 is 23.0 Å². The van der Waals surface area contributed by atoms with E-state index in [0.29, 0.717) is 5.69 Å². The van der Waals surface area contributed by atoms with E-state index in [1.165, 1.54) is 0 Å². The number of nitrogen functional groups attached to an aromatic ring is 1. The van der Waals surface area contributed by atoms with E-state index >= 15 is 0 Å². The number of rotatable bonds is 3. The topological polar surface area (TPSA) is 75.3 Å². The highest BCUT2D eigenvalue weighted by Gasteiger charge is 2.13. The second kappa shape index (κ2) is 4.97. The predicted octanol–water partition coefficient (Wildman–Crippen LogP) is 3.16. The van der Waals surface area contributed by atoms with E-state index in [-0.39, 0.29) is 5.69 Å². The van der Waals surface area contributed by atoms with E-state index in [4.69, 9.17) is 10.8 Å². The molecule has 5 heteroatoms. The second-order valence-electron chi connectivity index (χ2n) is 4.22. The predicted molar refractivity (Wildman–Crippen MR) is 72.2 cm³/mol. The number of anilines is 3. The molecule has 19 heavy (non-hydrogen) atoms. The van der Waals surface area contributed by atoms with Crippen LogP contribution in [0.25, 0.3) is 0 Å². The highest BCUT2D eigenvalue weighted by molar-refractivity contribution is 5.91. The average Bonchev–Trinajstić information content (AvgIpc) is 2.35. The van der Waals surface area contributed by atoms with E-state index < -0.39 is 17.3 Å². The number of aromatic carboxylic acids is 1. The Kier molecular flexibility index (Phi) is 3.37. The number of nitrogens with one attached hydrogen (secondary N) is 1. The van der Waals surface area contributed by atoms with Crippen LogP contribution in [0.5, 0.6) is 0 Å². The summed E-state index contributed by atoms with van der Waals surface area (Å²) in [6, 6.07) is 9.66. The number of nitrogens with two attached hydrogens (primary N) is 1. The molecule has 0 aromatic heterocycles. The molecule has 0 amide bonds. The molecule has 0 aliphatic carbocycles. The van der Waals surface area contributed by atoms with Crippen LogP contribution in [0, 0.1) is 12.7 Å². The molecule has 0 heterocycles. The summed E-state index contributed by atoms with van der Waals surface area (Å²) < 4.78 is 13.6. The van der Waals surface area contributed by atoms with Gasteiger partial charge in [-0.2, -0.15) is 0 Å². The zero-order valence-electron chi connectivity index (χ0n) is 10.3. The molecule has 0 atom stereocenters. The Bertz CT molecular complexity index is 624. The van der Waals surface area contributed by atoms with E-state index in [2.05, 4.69) is 5.32 Å². The Balaban J connectivity index is 2.33. The van der Waals surface area contributed by atoms with Crippen molar-refractivity contribution in [3.8, 4) is 0 Å². The van der Waals surface area contributed by atoms with Crippen molar-refractivity contribution in [2.45, 2.75) is 6.92 Å². The van der Waals surface area contributed by atoms with Crippen LogP contribution in [0.3, 0.4) is 0 Å². The van der Waals surface area contributed by atoms with E-state index in [9.17, 15) is 9.18 Å². The molecular formula is C14H13FN2O2. The largest absolute Gasteiger partial charge is 0.478 e. The van der Waals surface area contributed by atoms with Gasteiger partial charge in [0, 0.05) is 11.8 Å². The molecule has 98 valence electrons. The first-order valence-electron chi connectivity index (χ1n) is 5.63. The molecule has 4 nitrogen and oxygen atoms in total. The third kappa shape index (κ3) is 2.82. The van der Waals surface area contributed by atoms with Gasteiger partial charge in [-0.15, -0.1) is 0 Å². The average molecular weight is 260 g/mol. The van der Waals surface area contributed by atoms with Gasteiger partial charge < -0.3 is 16.2 Å². The van der Waals surface area contributed by atoms with Crippen molar-refractivity contribution in [3.63, 3.8) is 0 Å². The number of aryl methyl sites for hydroxylation is 1. The van der Waals surface area contributed by atoms with Crippen LogP contribution >= 0.6 is 0 Å². The lowest BCUT2D eigenvalue weighted by molar-refractivity contribution is 0.0692. The summed E-state index contributed by atoms with van der Waals surface area (Å²) in [6.07, 6.45) is 0. The van der Waals surface area contributed by atoms with Crippen LogP contribution in [-0.4, -0.2) is 11.1 Å². The Labute approximate surface area is 109 Å². The molecule has 0 unspecified atom stereocenters. The van der Waals surface area contributed by atoms with Crippen molar-refractivity contribution in [2.24, 2.45) is 0 Å². The molecule has 2 aromatic rings. The zero-order chi connectivity index (χ0) is 14.0. The van der Waals surface area contributed by atoms with Crippen molar-refractivity contribution in [3.05, 3.63) is 53.3 Å². The molecule has 4 N–H and O–H groups in total. The standard InChI is InChI=1S/C14H13FN2O2/c1-8-2-4-9(5-3-8)17-13-7-11(15)10(14(18)19)6-12(13)16/h2-7,17H,16H2,1H3,(H,18,19). The number of hydrogen-bond acceptors (Lipinski definition) is 3. The van der Waals surface area contributed by atoms with Crippen LogP contribution in [0.15, 0.2) is 36.4 Å². The van der Waals surface area contributed by atoms with Crippen LogP contribution < -0.4 is 11.1 Å². The third-order valence-corrected chi connectivity index (χ3v) is 2.70. The Morgan fingerprint density at radius 1 is 1.26 bits per heavy atom. The molecule has 0 radical (unpaired) electrons. The second-order valence-corrected chi connectivity index (χ2v) is 4.22. The number of carboxylic acids is 1. The van der Waals surface area contributed by atoms with E-state index in [1.807, 2.05) is 31.2 Å². The van der Waals surface area contributed by atoms with Crippen LogP contribution in [0.1, 0.15) is 15.9 Å². The molecule has 0 aliphatic rings. The van der Waals surface area contributed by atoms with Crippen LogP contribution in [0.4, 0.5) is 21.5 Å². The molecule has 2 rings (SSSR count). The molecule has 0 aliphatic heterocycles. The lowest BCUT2D eigenvalue weighted by Gasteiger charge is -2.11. The summed E-state index contributed by atoms with van der Waals surface area (Å²) in [5.74, 6) is -2.16. The van der Waals surface area contributed by atoms with Crippen LogP contribution in [0.2, 0.25) is 0 Å². The van der Waals surface area contributed by atoms with Gasteiger partial charge in [0.2, 0.25) is 0 Å². The molecule has 2 aromatic carbocycles. The molecular weight excluding hydrogens is 247 g/mol. The molecule has 0 saturated carbocycles. The highest BCUT2D eigenvalue weighted by atomic mass is 19.1. The number of halogens is 1. The lowest BCUT2D eigenvalue weighted by Crippen LogP contribution is -2.05. The summed E-state index contributed by atoms with van der Waals surface area (Å²) in [6.45, 7) is 1.96. The van der Waals surface area contributed by atoms with Gasteiger partial charge in [-0.25, -0.2) is 9.18 Å². The maximum absolute atomic E-state index is 13.6. The van der Waals surface area contributed by atoms with Crippen molar-refractivity contribution in [2.75, 3.05) is 11.1 Å². The molecule has 0 fully saturated rings. The van der Waals surface area contributed by atoms with Crippen LogP contribution in [-0.2, 0) is 0 Å². The van der Waals surface area contributed by atoms with Crippen molar-refractivity contribution in [1.29, 1.82) is 0 Å². The lowest BCUT2D eigenvalue weighted by atomic mass is 10.1. The van der Waals surface area contributed by atoms with Gasteiger partial charge in [0.05, 0.1) is 16.9 Å². The molecule has 0 bridgehead atoms. The summed E-state index contributed by atoms with van der Waals surface area (Å²) in [4.78, 5) is 10.8. The van der Waals surface area contributed by atoms with Gasteiger partial charge in [-0.05, 0) is 25.1 Å². The fourth-order valence-corrected chi connectivity index (χ4v) is 1.65. The van der Waals surface area contributed by atoms with Gasteiger partial charge in [-0.1, -0.05) is 17.7 Å². The zero-order valence-corrected chi connectivity index (χ0v) is 10.3. The highest BCUT2D eigenvalue weighted by Crippen LogP contribution is 2.26. The summed E-state index contributed by atoms with van der Waals surface area (Å²) >= 11 is 0. The summed E-state index contributed by atoms with van der Waals surface area (Å²) in [5, 5.41) is 11.7. The Morgan fingerprint density at radius 2 is 1.89 bits per heavy atom. The van der Waals surface area contributed by atoms with E-state index in [1.54, 1.807) is 0 Å². The van der Waals surface area contributed by atoms with Crippen molar-refractivity contribution in [1.82, 2.24) is 0 Å². The number of carbonyl (C=O) groups is 1. The monoisotopic (exact) mass is 260 g/mol. The summed E-state index contributed by atoms with van der Waals surface area (Å²) in [5.41, 5.74) is 7.65. The minimum Gasteiger partial charge on any atom is -0.478 e. The first kappa shape index (κ1) is 12.9. The minimum atomic E-state index is -1.34. The van der Waals surface area contributed by atoms with Gasteiger partial charge in [0.1, 0.15) is 5.82 Å². The Hall–Kier alpha value is -2.56. The fraction of sp³-hybridized carbons (Fsp3) is 0.0714. The van der Waals surface area contributed by atoms with Crippen molar-refractivity contribution < 1.29 is 14.3 Å². The maximum Gasteiger partial charge on any atom is 0.338 e. The first-order chi connectivity index (χ1) is 8.97. The fourth-order valence-electron chi connectivity index (χ4n) is 1.65. The van der Waals surface area contributed by atoms with Gasteiger partial charge >= 0.3 is 5.97 Å². The molecule has 0 spiro atoms.